The van der Waals surface area contributed by atoms with Gasteiger partial charge in [0.2, 0.25) is 0 Å². The maximum Gasteiger partial charge on any atom is 0.136 e. The van der Waals surface area contributed by atoms with Crippen molar-refractivity contribution in [2.75, 3.05) is 12.8 Å². The lowest BCUT2D eigenvalue weighted by Crippen LogP contribution is -2.17. The Hall–Kier alpha value is -0.840. The van der Waals surface area contributed by atoms with Gasteiger partial charge in [-0.15, -0.1) is 23.1 Å². The van der Waals surface area contributed by atoms with Crippen molar-refractivity contribution in [1.82, 2.24) is 5.32 Å². The first-order chi connectivity index (χ1) is 8.70. The number of hydrogen-bond acceptors (Lipinski definition) is 3. The molecule has 0 saturated carbocycles. The van der Waals surface area contributed by atoms with E-state index in [1.807, 2.05) is 19.2 Å². The van der Waals surface area contributed by atoms with Crippen LogP contribution in [-0.4, -0.2) is 12.8 Å². The summed E-state index contributed by atoms with van der Waals surface area (Å²) >= 11 is 3.34. The molecule has 0 aliphatic rings. The Labute approximate surface area is 115 Å². The number of thiophene rings is 1. The topological polar surface area (TPSA) is 12.0 Å². The highest BCUT2D eigenvalue weighted by atomic mass is 32.2. The normalized spacial score (nSPS) is 12.6. The molecule has 2 rings (SSSR count). The zero-order valence-corrected chi connectivity index (χ0v) is 12.1. The molecule has 0 bridgehead atoms. The van der Waals surface area contributed by atoms with Gasteiger partial charge in [-0.1, -0.05) is 12.1 Å². The van der Waals surface area contributed by atoms with Crippen molar-refractivity contribution in [2.24, 2.45) is 0 Å². The molecule has 4 heteroatoms. The standard InChI is InChI=1S/C14H16FNS2/c1-10-7-8-14(18-10)12(16-2)9-17-13-6-4-3-5-11(13)15/h3-8,12,16H,9H2,1-2H3. The molecule has 0 radical (unpaired) electrons. The zero-order chi connectivity index (χ0) is 13.0. The summed E-state index contributed by atoms with van der Waals surface area (Å²) < 4.78 is 13.5. The molecule has 0 aliphatic heterocycles. The van der Waals surface area contributed by atoms with Gasteiger partial charge >= 0.3 is 0 Å². The SMILES string of the molecule is CNC(CSc1ccccc1F)c1ccc(C)s1. The third kappa shape index (κ3) is 3.34. The number of benzene rings is 1. The Bertz CT molecular complexity index is 510. The van der Waals surface area contributed by atoms with Gasteiger partial charge in [-0.05, 0) is 38.2 Å². The van der Waals surface area contributed by atoms with Crippen molar-refractivity contribution in [2.45, 2.75) is 17.9 Å². The first-order valence-corrected chi connectivity index (χ1v) is 7.62. The van der Waals surface area contributed by atoms with Gasteiger partial charge in [-0.2, -0.15) is 0 Å². The fourth-order valence-electron chi connectivity index (χ4n) is 1.68. The highest BCUT2D eigenvalue weighted by molar-refractivity contribution is 7.99. The largest absolute Gasteiger partial charge is 0.312 e. The summed E-state index contributed by atoms with van der Waals surface area (Å²) in [5.74, 6) is 0.692. The monoisotopic (exact) mass is 281 g/mol. The molecule has 0 fully saturated rings. The lowest BCUT2D eigenvalue weighted by atomic mass is 10.3. The van der Waals surface area contributed by atoms with E-state index in [2.05, 4.69) is 24.4 Å². The van der Waals surface area contributed by atoms with Crippen molar-refractivity contribution in [3.8, 4) is 0 Å². The molecular formula is C14H16FNS2. The van der Waals surface area contributed by atoms with Crippen LogP contribution < -0.4 is 5.32 Å². The van der Waals surface area contributed by atoms with Crippen LogP contribution in [0, 0.1) is 12.7 Å². The van der Waals surface area contributed by atoms with Crippen molar-refractivity contribution in [1.29, 1.82) is 0 Å². The molecule has 1 aromatic heterocycles. The number of thioether (sulfide) groups is 1. The van der Waals surface area contributed by atoms with Crippen molar-refractivity contribution in [3.05, 3.63) is 52.0 Å². The molecule has 1 nitrogen and oxygen atoms in total. The predicted molar refractivity (Wildman–Crippen MR) is 78.0 cm³/mol. The maximum atomic E-state index is 13.5. The van der Waals surface area contributed by atoms with Gasteiger partial charge in [0.05, 0.1) is 6.04 Å². The minimum Gasteiger partial charge on any atom is -0.312 e. The predicted octanol–water partition coefficient (Wildman–Crippen LogP) is 4.25. The summed E-state index contributed by atoms with van der Waals surface area (Å²) in [6.07, 6.45) is 0. The van der Waals surface area contributed by atoms with Crippen LogP contribution in [0.15, 0.2) is 41.3 Å². The number of rotatable bonds is 5. The van der Waals surface area contributed by atoms with Crippen LogP contribution in [0.4, 0.5) is 4.39 Å². The van der Waals surface area contributed by atoms with Crippen LogP contribution in [0.5, 0.6) is 0 Å². The Morgan fingerprint density at radius 2 is 2.06 bits per heavy atom. The summed E-state index contributed by atoms with van der Waals surface area (Å²) in [6, 6.07) is 11.5. The van der Waals surface area contributed by atoms with Gasteiger partial charge in [-0.25, -0.2) is 4.39 Å². The molecule has 1 heterocycles. The highest BCUT2D eigenvalue weighted by Gasteiger charge is 2.12. The van der Waals surface area contributed by atoms with Gasteiger partial charge in [-0.3, -0.25) is 0 Å². The third-order valence-electron chi connectivity index (χ3n) is 2.70. The van der Waals surface area contributed by atoms with Gasteiger partial charge in [0.25, 0.3) is 0 Å². The van der Waals surface area contributed by atoms with E-state index < -0.39 is 0 Å². The average Bonchev–Trinajstić information content (AvgIpc) is 2.79. The van der Waals surface area contributed by atoms with E-state index in [-0.39, 0.29) is 11.9 Å². The number of halogens is 1. The molecule has 0 saturated heterocycles. The highest BCUT2D eigenvalue weighted by Crippen LogP contribution is 2.29. The summed E-state index contributed by atoms with van der Waals surface area (Å²) in [6.45, 7) is 2.10. The molecule has 0 amide bonds. The molecule has 1 N–H and O–H groups in total. The molecule has 1 unspecified atom stereocenters. The molecule has 1 atom stereocenters. The van der Waals surface area contributed by atoms with Crippen LogP contribution >= 0.6 is 23.1 Å². The molecule has 18 heavy (non-hydrogen) atoms. The Morgan fingerprint density at radius 3 is 2.67 bits per heavy atom. The van der Waals surface area contributed by atoms with E-state index in [9.17, 15) is 4.39 Å². The molecule has 1 aromatic carbocycles. The van der Waals surface area contributed by atoms with Gasteiger partial charge in [0.15, 0.2) is 0 Å². The van der Waals surface area contributed by atoms with Crippen LogP contribution in [0.2, 0.25) is 0 Å². The smallest absolute Gasteiger partial charge is 0.136 e. The van der Waals surface area contributed by atoms with Crippen LogP contribution in [0.25, 0.3) is 0 Å². The zero-order valence-electron chi connectivity index (χ0n) is 10.4. The van der Waals surface area contributed by atoms with E-state index in [1.54, 1.807) is 29.2 Å². The summed E-state index contributed by atoms with van der Waals surface area (Å²) in [5, 5.41) is 3.29. The average molecular weight is 281 g/mol. The minimum absolute atomic E-state index is 0.139. The maximum absolute atomic E-state index is 13.5. The van der Waals surface area contributed by atoms with E-state index in [0.29, 0.717) is 4.90 Å². The van der Waals surface area contributed by atoms with E-state index in [0.717, 1.165) is 5.75 Å². The lowest BCUT2D eigenvalue weighted by molar-refractivity contribution is 0.601. The van der Waals surface area contributed by atoms with E-state index in [1.165, 1.54) is 15.8 Å². The molecule has 0 spiro atoms. The Morgan fingerprint density at radius 1 is 1.28 bits per heavy atom. The van der Waals surface area contributed by atoms with Gasteiger partial charge < -0.3 is 5.32 Å². The molecular weight excluding hydrogens is 265 g/mol. The van der Waals surface area contributed by atoms with Crippen molar-refractivity contribution in [3.63, 3.8) is 0 Å². The number of nitrogens with one attached hydrogen (secondary N) is 1. The lowest BCUT2D eigenvalue weighted by Gasteiger charge is -2.14. The fraction of sp³-hybridized carbons (Fsp3) is 0.286. The third-order valence-corrected chi connectivity index (χ3v) is 4.95. The van der Waals surface area contributed by atoms with Crippen LogP contribution in [0.1, 0.15) is 15.8 Å². The first-order valence-electron chi connectivity index (χ1n) is 5.81. The van der Waals surface area contributed by atoms with Crippen LogP contribution in [-0.2, 0) is 0 Å². The molecule has 96 valence electrons. The Balaban J connectivity index is 2.02. The quantitative estimate of drug-likeness (QED) is 0.822. The van der Waals surface area contributed by atoms with E-state index in [4.69, 9.17) is 0 Å². The molecule has 0 aliphatic carbocycles. The van der Waals surface area contributed by atoms with E-state index >= 15 is 0 Å². The van der Waals surface area contributed by atoms with Crippen molar-refractivity contribution < 1.29 is 4.39 Å². The second-order valence-electron chi connectivity index (χ2n) is 4.03. The second kappa shape index (κ2) is 6.36. The summed E-state index contributed by atoms with van der Waals surface area (Å²) in [4.78, 5) is 3.33. The summed E-state index contributed by atoms with van der Waals surface area (Å²) in [5.41, 5.74) is 0. The Kier molecular flexibility index (Phi) is 4.80. The second-order valence-corrected chi connectivity index (χ2v) is 6.41. The van der Waals surface area contributed by atoms with Crippen LogP contribution in [0.3, 0.4) is 0 Å². The first kappa shape index (κ1) is 13.6. The van der Waals surface area contributed by atoms with Gasteiger partial charge in [0, 0.05) is 20.4 Å². The molecule has 2 aromatic rings. The number of aryl methyl sites for hydroxylation is 1. The minimum atomic E-state index is -0.139. The number of hydrogen-bond donors (Lipinski definition) is 1. The summed E-state index contributed by atoms with van der Waals surface area (Å²) in [7, 11) is 1.95. The van der Waals surface area contributed by atoms with Gasteiger partial charge in [0.1, 0.15) is 5.82 Å². The van der Waals surface area contributed by atoms with Crippen molar-refractivity contribution >= 4 is 23.1 Å². The fourth-order valence-corrected chi connectivity index (χ4v) is 3.85.